The molecule has 0 amide bonds. The molecule has 0 aliphatic rings. The van der Waals surface area contributed by atoms with E-state index in [4.69, 9.17) is 11.6 Å². The van der Waals surface area contributed by atoms with Crippen LogP contribution in [-0.4, -0.2) is 15.2 Å². The summed E-state index contributed by atoms with van der Waals surface area (Å²) in [5.74, 6) is 0. The Balaban J connectivity index is 1.86. The first-order valence-corrected chi connectivity index (χ1v) is 5.69. The summed E-state index contributed by atoms with van der Waals surface area (Å²) >= 11 is 5.94. The molecule has 2 aromatic heterocycles. The Morgan fingerprint density at radius 2 is 2.24 bits per heavy atom. The van der Waals surface area contributed by atoms with Crippen LogP contribution in [0.5, 0.6) is 0 Å². The van der Waals surface area contributed by atoms with Gasteiger partial charge in [0.05, 0.1) is 11.9 Å². The van der Waals surface area contributed by atoms with Crippen molar-refractivity contribution in [3.63, 3.8) is 0 Å². The zero-order valence-electron chi connectivity index (χ0n) is 9.00. The summed E-state index contributed by atoms with van der Waals surface area (Å²) in [6.45, 7) is 0.751. The molecule has 2 heterocycles. The average molecular weight is 247 g/mol. The van der Waals surface area contributed by atoms with Crippen LogP contribution in [0.15, 0.2) is 36.8 Å². The van der Waals surface area contributed by atoms with Gasteiger partial charge in [-0.1, -0.05) is 17.7 Å². The Hall–Kier alpha value is -1.94. The lowest BCUT2D eigenvalue weighted by Gasteiger charge is -2.01. The molecule has 0 fully saturated rings. The quantitative estimate of drug-likeness (QED) is 0.665. The van der Waals surface area contributed by atoms with Gasteiger partial charge in [0.25, 0.3) is 0 Å². The number of fused-ring (bicyclic) bond motifs is 1. The van der Waals surface area contributed by atoms with Crippen molar-refractivity contribution in [3.05, 3.63) is 47.4 Å². The maximum atomic E-state index is 5.94. The number of hydrogen-bond acceptors (Lipinski definition) is 2. The molecule has 3 aromatic rings. The van der Waals surface area contributed by atoms with Crippen LogP contribution in [0.1, 0.15) is 5.56 Å². The molecular weight excluding hydrogens is 236 g/mol. The van der Waals surface area contributed by atoms with Gasteiger partial charge in [-0.3, -0.25) is 5.10 Å². The number of nitrogens with zero attached hydrogens (tertiary/aromatic N) is 1. The first-order valence-electron chi connectivity index (χ1n) is 5.31. The van der Waals surface area contributed by atoms with Gasteiger partial charge in [-0.15, -0.1) is 0 Å². The van der Waals surface area contributed by atoms with Crippen molar-refractivity contribution < 1.29 is 0 Å². The molecule has 0 unspecified atom stereocenters. The number of hydrogen-bond donors (Lipinski definition) is 3. The van der Waals surface area contributed by atoms with Gasteiger partial charge in [0.2, 0.25) is 0 Å². The van der Waals surface area contributed by atoms with Crippen LogP contribution in [-0.2, 0) is 6.54 Å². The Labute approximate surface area is 103 Å². The van der Waals surface area contributed by atoms with Crippen molar-refractivity contribution in [3.8, 4) is 0 Å². The van der Waals surface area contributed by atoms with E-state index in [1.54, 1.807) is 6.20 Å². The molecule has 0 atom stereocenters. The second kappa shape index (κ2) is 4.14. The lowest BCUT2D eigenvalue weighted by atomic mass is 10.2. The zero-order valence-corrected chi connectivity index (χ0v) is 9.75. The van der Waals surface area contributed by atoms with E-state index in [-0.39, 0.29) is 0 Å². The van der Waals surface area contributed by atoms with Gasteiger partial charge < -0.3 is 10.3 Å². The number of aromatic amines is 2. The average Bonchev–Trinajstić information content (AvgIpc) is 2.94. The highest BCUT2D eigenvalue weighted by Gasteiger charge is 2.04. The summed E-state index contributed by atoms with van der Waals surface area (Å²) in [4.78, 5) is 3.21. The van der Waals surface area contributed by atoms with Crippen LogP contribution < -0.4 is 5.32 Å². The van der Waals surface area contributed by atoms with E-state index in [0.29, 0.717) is 0 Å². The van der Waals surface area contributed by atoms with E-state index in [1.807, 2.05) is 30.6 Å². The Bertz CT molecular complexity index is 627. The van der Waals surface area contributed by atoms with Gasteiger partial charge in [-0.2, -0.15) is 5.10 Å². The highest BCUT2D eigenvalue weighted by molar-refractivity contribution is 6.31. The van der Waals surface area contributed by atoms with Crippen LogP contribution in [0.2, 0.25) is 5.02 Å². The topological polar surface area (TPSA) is 56.5 Å². The predicted molar refractivity (Wildman–Crippen MR) is 69.2 cm³/mol. The van der Waals surface area contributed by atoms with E-state index in [9.17, 15) is 0 Å². The van der Waals surface area contributed by atoms with E-state index >= 15 is 0 Å². The van der Waals surface area contributed by atoms with Crippen molar-refractivity contribution in [2.24, 2.45) is 0 Å². The summed E-state index contributed by atoms with van der Waals surface area (Å²) < 4.78 is 0. The lowest BCUT2D eigenvalue weighted by molar-refractivity contribution is 1.09. The van der Waals surface area contributed by atoms with E-state index in [2.05, 4.69) is 20.5 Å². The third-order valence-electron chi connectivity index (χ3n) is 2.71. The van der Waals surface area contributed by atoms with Crippen molar-refractivity contribution in [2.45, 2.75) is 6.54 Å². The van der Waals surface area contributed by atoms with Crippen molar-refractivity contribution in [1.82, 2.24) is 15.2 Å². The van der Waals surface area contributed by atoms with Crippen molar-refractivity contribution >= 4 is 28.2 Å². The molecule has 4 nitrogen and oxygen atoms in total. The van der Waals surface area contributed by atoms with Gasteiger partial charge >= 0.3 is 0 Å². The first kappa shape index (κ1) is 10.2. The number of anilines is 1. The van der Waals surface area contributed by atoms with Crippen LogP contribution in [0.25, 0.3) is 10.9 Å². The highest BCUT2D eigenvalue weighted by Crippen LogP contribution is 2.22. The Morgan fingerprint density at radius 3 is 3.06 bits per heavy atom. The maximum absolute atomic E-state index is 5.94. The number of nitrogens with one attached hydrogen (secondary N) is 3. The molecule has 0 aliphatic heterocycles. The minimum Gasteiger partial charge on any atom is -0.378 e. The fraction of sp³-hybridized carbons (Fsp3) is 0.0833. The molecule has 5 heteroatoms. The van der Waals surface area contributed by atoms with E-state index in [0.717, 1.165) is 22.8 Å². The molecule has 0 spiro atoms. The fourth-order valence-corrected chi connectivity index (χ4v) is 2.02. The minimum atomic E-state index is 0.744. The highest BCUT2D eigenvalue weighted by atomic mass is 35.5. The Morgan fingerprint density at radius 1 is 1.29 bits per heavy atom. The fourth-order valence-electron chi connectivity index (χ4n) is 1.85. The molecule has 0 radical (unpaired) electrons. The van der Waals surface area contributed by atoms with Gasteiger partial charge in [0.15, 0.2) is 0 Å². The summed E-state index contributed by atoms with van der Waals surface area (Å²) in [6, 6.07) is 5.86. The summed E-state index contributed by atoms with van der Waals surface area (Å²) in [7, 11) is 0. The van der Waals surface area contributed by atoms with Crippen LogP contribution >= 0.6 is 11.6 Å². The predicted octanol–water partition coefficient (Wildman–Crippen LogP) is 3.16. The van der Waals surface area contributed by atoms with Gasteiger partial charge in [-0.05, 0) is 17.7 Å². The molecule has 0 aliphatic carbocycles. The Kier molecular flexibility index (Phi) is 2.49. The molecule has 17 heavy (non-hydrogen) atoms. The maximum Gasteiger partial charge on any atom is 0.0726 e. The summed E-state index contributed by atoms with van der Waals surface area (Å²) in [5, 5.41) is 11.9. The molecule has 3 N–H and O–H groups in total. The van der Waals surface area contributed by atoms with E-state index in [1.165, 1.54) is 10.9 Å². The summed E-state index contributed by atoms with van der Waals surface area (Å²) in [5.41, 5.74) is 3.24. The SMILES string of the molecule is Clc1ccc2c(CNc3cn[nH]c3)c[nH]c2c1. The van der Waals surface area contributed by atoms with E-state index < -0.39 is 0 Å². The third kappa shape index (κ3) is 1.99. The van der Waals surface area contributed by atoms with Gasteiger partial charge in [0.1, 0.15) is 0 Å². The minimum absolute atomic E-state index is 0.744. The number of H-pyrrole nitrogens is 2. The van der Waals surface area contributed by atoms with Crippen molar-refractivity contribution in [1.29, 1.82) is 0 Å². The standard InChI is InChI=1S/C12H11ClN4/c13-9-1-2-11-8(5-15-12(11)3-9)4-14-10-6-16-17-7-10/h1-3,5-7,14-15H,4H2,(H,16,17). The number of halogens is 1. The summed E-state index contributed by atoms with van der Waals surface area (Å²) in [6.07, 6.45) is 5.57. The normalized spacial score (nSPS) is 10.9. The molecule has 0 saturated heterocycles. The number of benzene rings is 1. The molecule has 0 saturated carbocycles. The number of aromatic nitrogens is 3. The second-order valence-corrected chi connectivity index (χ2v) is 4.28. The largest absolute Gasteiger partial charge is 0.378 e. The lowest BCUT2D eigenvalue weighted by Crippen LogP contribution is -1.97. The smallest absolute Gasteiger partial charge is 0.0726 e. The molecule has 86 valence electrons. The molecular formula is C12H11ClN4. The second-order valence-electron chi connectivity index (χ2n) is 3.84. The number of rotatable bonds is 3. The van der Waals surface area contributed by atoms with Gasteiger partial charge in [-0.25, -0.2) is 0 Å². The van der Waals surface area contributed by atoms with Gasteiger partial charge in [0, 0.05) is 34.9 Å². The van der Waals surface area contributed by atoms with Crippen LogP contribution in [0.3, 0.4) is 0 Å². The van der Waals surface area contributed by atoms with Crippen molar-refractivity contribution in [2.75, 3.05) is 5.32 Å². The first-order chi connectivity index (χ1) is 8.33. The molecule has 3 rings (SSSR count). The van der Waals surface area contributed by atoms with Crippen LogP contribution in [0, 0.1) is 0 Å². The van der Waals surface area contributed by atoms with Crippen LogP contribution in [0.4, 0.5) is 5.69 Å². The molecule has 0 bridgehead atoms. The molecule has 1 aromatic carbocycles. The third-order valence-corrected chi connectivity index (χ3v) is 2.95. The zero-order chi connectivity index (χ0) is 11.7. The monoisotopic (exact) mass is 246 g/mol.